The lowest BCUT2D eigenvalue weighted by Crippen LogP contribution is -2.32. The molecule has 0 spiro atoms. The van der Waals surface area contributed by atoms with Gasteiger partial charge in [-0.05, 0) is 6.92 Å². The molecule has 7 nitrogen and oxygen atoms in total. The van der Waals surface area contributed by atoms with Crippen LogP contribution in [0.1, 0.15) is 6.92 Å². The molecule has 3 N–H and O–H groups in total. The third kappa shape index (κ3) is 3.41. The topological polar surface area (TPSA) is 106 Å². The average Bonchev–Trinajstić information content (AvgIpc) is 2.13. The molecule has 0 saturated heterocycles. The molecule has 13 heavy (non-hydrogen) atoms. The van der Waals surface area contributed by atoms with Crippen LogP contribution in [0.25, 0.3) is 0 Å². The quantitative estimate of drug-likeness (QED) is 0.200. The highest BCUT2D eigenvalue weighted by molar-refractivity contribution is 6.64. The van der Waals surface area contributed by atoms with E-state index in [4.69, 9.17) is 10.9 Å². The zero-order valence-electron chi connectivity index (χ0n) is 7.35. The Labute approximate surface area is 74.8 Å². The number of oxime groups is 2. The van der Waals surface area contributed by atoms with Gasteiger partial charge in [0.25, 0.3) is 0 Å². The predicted molar refractivity (Wildman–Crippen MR) is 44.5 cm³/mol. The van der Waals surface area contributed by atoms with Crippen molar-refractivity contribution in [2.24, 2.45) is 16.0 Å². The monoisotopic (exact) mass is 189 g/mol. The number of hydrogen-bond donors (Lipinski definition) is 2. The number of esters is 1. The number of nitrogens with zero attached hydrogens (tertiary/aromatic N) is 2. The normalized spacial score (nSPS) is 12.5. The lowest BCUT2D eigenvalue weighted by molar-refractivity contribution is -0.135. The molecule has 0 heterocycles. The van der Waals surface area contributed by atoms with Crippen molar-refractivity contribution in [1.29, 1.82) is 0 Å². The number of nitrogens with two attached hydrogens (primary N) is 1. The summed E-state index contributed by atoms with van der Waals surface area (Å²) in [6.07, 6.45) is 0. The first kappa shape index (κ1) is 11.2. The fourth-order valence-electron chi connectivity index (χ4n) is 0.527. The molecule has 0 saturated carbocycles. The SMILES string of the molecule is CCOC(=O)C(=NOC)C(N)=NO. The second kappa shape index (κ2) is 5.81. The van der Waals surface area contributed by atoms with E-state index in [1.165, 1.54) is 7.11 Å². The van der Waals surface area contributed by atoms with Crippen LogP contribution in [0.2, 0.25) is 0 Å². The third-order valence-corrected chi connectivity index (χ3v) is 1.00. The van der Waals surface area contributed by atoms with Crippen LogP contribution < -0.4 is 5.73 Å². The first-order valence-corrected chi connectivity index (χ1v) is 3.43. The Morgan fingerprint density at radius 2 is 2.23 bits per heavy atom. The highest BCUT2D eigenvalue weighted by Crippen LogP contribution is 1.87. The first-order chi connectivity index (χ1) is 6.17. The maximum atomic E-state index is 11.0. The van der Waals surface area contributed by atoms with E-state index in [0.29, 0.717) is 0 Å². The van der Waals surface area contributed by atoms with Gasteiger partial charge < -0.3 is 20.5 Å². The molecule has 0 unspecified atom stereocenters. The Hall–Kier alpha value is -1.79. The zero-order chi connectivity index (χ0) is 10.3. The molecule has 7 heteroatoms. The van der Waals surface area contributed by atoms with E-state index in [0.717, 1.165) is 0 Å². The summed E-state index contributed by atoms with van der Waals surface area (Å²) in [6, 6.07) is 0. The zero-order valence-corrected chi connectivity index (χ0v) is 7.35. The van der Waals surface area contributed by atoms with Gasteiger partial charge >= 0.3 is 5.97 Å². The molecule has 0 atom stereocenters. The van der Waals surface area contributed by atoms with Gasteiger partial charge in [0, 0.05) is 0 Å². The molecule has 0 aliphatic heterocycles. The van der Waals surface area contributed by atoms with E-state index in [2.05, 4.69) is 19.9 Å². The fraction of sp³-hybridized carbons (Fsp3) is 0.500. The summed E-state index contributed by atoms with van der Waals surface area (Å²) in [7, 11) is 1.23. The lowest BCUT2D eigenvalue weighted by Gasteiger charge is -2.02. The molecule has 0 aliphatic rings. The summed E-state index contributed by atoms with van der Waals surface area (Å²) in [5.41, 5.74) is 4.75. The third-order valence-electron chi connectivity index (χ3n) is 1.00. The van der Waals surface area contributed by atoms with Gasteiger partial charge in [-0.1, -0.05) is 10.3 Å². The van der Waals surface area contributed by atoms with Gasteiger partial charge in [0.2, 0.25) is 5.71 Å². The van der Waals surface area contributed by atoms with E-state index in [1.54, 1.807) is 6.92 Å². The Morgan fingerprint density at radius 1 is 1.62 bits per heavy atom. The lowest BCUT2D eigenvalue weighted by atomic mass is 10.3. The molecule has 0 aliphatic carbocycles. The Morgan fingerprint density at radius 3 is 2.62 bits per heavy atom. The maximum Gasteiger partial charge on any atom is 0.364 e. The Kier molecular flexibility index (Phi) is 5.01. The number of amidine groups is 1. The summed E-state index contributed by atoms with van der Waals surface area (Å²) in [5, 5.41) is 14.1. The highest BCUT2D eigenvalue weighted by atomic mass is 16.6. The van der Waals surface area contributed by atoms with Crippen molar-refractivity contribution in [2.45, 2.75) is 6.92 Å². The first-order valence-electron chi connectivity index (χ1n) is 3.43. The molecule has 0 aromatic carbocycles. The number of ether oxygens (including phenoxy) is 1. The van der Waals surface area contributed by atoms with Gasteiger partial charge in [-0.3, -0.25) is 0 Å². The smallest absolute Gasteiger partial charge is 0.364 e. The van der Waals surface area contributed by atoms with Gasteiger partial charge in [0.1, 0.15) is 7.11 Å². The number of carbonyl (C=O) groups is 1. The largest absolute Gasteiger partial charge is 0.461 e. The van der Waals surface area contributed by atoms with Crippen LogP contribution in [0.15, 0.2) is 10.3 Å². The molecule has 0 bridgehead atoms. The standard InChI is InChI=1S/C6H11N3O4/c1-3-13-6(10)4(9-12-2)5(7)8-11/h11H,3H2,1-2H3,(H2,7,8). The number of rotatable bonds is 4. The summed E-state index contributed by atoms with van der Waals surface area (Å²) >= 11 is 0. The molecular weight excluding hydrogens is 178 g/mol. The molecule has 0 aromatic rings. The molecule has 0 rings (SSSR count). The van der Waals surface area contributed by atoms with E-state index >= 15 is 0 Å². The minimum absolute atomic E-state index is 0.167. The van der Waals surface area contributed by atoms with Crippen molar-refractivity contribution in [3.8, 4) is 0 Å². The Balaban J connectivity index is 4.62. The van der Waals surface area contributed by atoms with Gasteiger partial charge in [0.15, 0.2) is 5.84 Å². The van der Waals surface area contributed by atoms with E-state index < -0.39 is 11.8 Å². The summed E-state index contributed by atoms with van der Waals surface area (Å²) in [4.78, 5) is 15.3. The maximum absolute atomic E-state index is 11.0. The van der Waals surface area contributed by atoms with Gasteiger partial charge in [-0.2, -0.15) is 0 Å². The van der Waals surface area contributed by atoms with Crippen LogP contribution in [0.3, 0.4) is 0 Å². The minimum atomic E-state index is -0.806. The van der Waals surface area contributed by atoms with Crippen LogP contribution in [0.5, 0.6) is 0 Å². The van der Waals surface area contributed by atoms with Crippen molar-refractivity contribution in [3.63, 3.8) is 0 Å². The molecule has 74 valence electrons. The molecule has 0 fully saturated rings. The van der Waals surface area contributed by atoms with E-state index in [1.807, 2.05) is 0 Å². The molecule has 0 radical (unpaired) electrons. The summed E-state index contributed by atoms with van der Waals surface area (Å²) in [6.45, 7) is 1.79. The number of hydrogen-bond acceptors (Lipinski definition) is 6. The number of carbonyl (C=O) groups excluding carboxylic acids is 1. The predicted octanol–water partition coefficient (Wildman–Crippen LogP) is -0.702. The van der Waals surface area contributed by atoms with Crippen molar-refractivity contribution >= 4 is 17.5 Å². The van der Waals surface area contributed by atoms with Crippen molar-refractivity contribution in [3.05, 3.63) is 0 Å². The average molecular weight is 189 g/mol. The van der Waals surface area contributed by atoms with Gasteiger partial charge in [0.05, 0.1) is 6.61 Å². The second-order valence-corrected chi connectivity index (χ2v) is 1.83. The van der Waals surface area contributed by atoms with Crippen LogP contribution in [0, 0.1) is 0 Å². The fourth-order valence-corrected chi connectivity index (χ4v) is 0.527. The van der Waals surface area contributed by atoms with Crippen LogP contribution in [0.4, 0.5) is 0 Å². The van der Waals surface area contributed by atoms with Gasteiger partial charge in [-0.15, -0.1) is 0 Å². The van der Waals surface area contributed by atoms with Crippen LogP contribution >= 0.6 is 0 Å². The van der Waals surface area contributed by atoms with E-state index in [-0.39, 0.29) is 12.3 Å². The highest BCUT2D eigenvalue weighted by Gasteiger charge is 2.18. The molecular formula is C6H11N3O4. The molecule has 0 aromatic heterocycles. The van der Waals surface area contributed by atoms with Crippen molar-refractivity contribution < 1.29 is 19.6 Å². The van der Waals surface area contributed by atoms with Crippen molar-refractivity contribution in [2.75, 3.05) is 13.7 Å². The summed E-state index contributed by atoms with van der Waals surface area (Å²) < 4.78 is 4.56. The minimum Gasteiger partial charge on any atom is -0.461 e. The van der Waals surface area contributed by atoms with Gasteiger partial charge in [-0.25, -0.2) is 4.79 Å². The Bertz CT molecular complexity index is 236. The molecule has 0 amide bonds. The van der Waals surface area contributed by atoms with Crippen LogP contribution in [-0.4, -0.2) is 36.4 Å². The summed E-state index contributed by atoms with van der Waals surface area (Å²) in [5.74, 6) is -1.26. The van der Waals surface area contributed by atoms with E-state index in [9.17, 15) is 4.79 Å². The second-order valence-electron chi connectivity index (χ2n) is 1.83. The van der Waals surface area contributed by atoms with Crippen LogP contribution in [-0.2, 0) is 14.4 Å². The van der Waals surface area contributed by atoms with Crippen molar-refractivity contribution in [1.82, 2.24) is 0 Å².